The number of aromatic amines is 1. The number of primary amides is 1. The predicted octanol–water partition coefficient (Wildman–Crippen LogP) is -7.49. The number of nitrogens with one attached hydrogen (secondary N) is 18. The molecule has 52 heteroatoms. The molecule has 4 aliphatic rings. The van der Waals surface area contributed by atoms with Crippen molar-refractivity contribution in [1.82, 2.24) is 115 Å². The zero-order valence-corrected chi connectivity index (χ0v) is 85.6. The summed E-state index contributed by atoms with van der Waals surface area (Å²) in [6, 6.07) is -17.0. The maximum atomic E-state index is 14.4. The number of hydrogen-bond acceptors (Lipinski definition) is 28. The second-order valence-corrected chi connectivity index (χ2v) is 38.8. The van der Waals surface area contributed by atoms with Crippen molar-refractivity contribution in [3.63, 3.8) is 0 Å². The Morgan fingerprint density at radius 2 is 0.870 bits per heavy atom. The van der Waals surface area contributed by atoms with E-state index < -0.39 is 295 Å². The number of thiol groups is 1. The van der Waals surface area contributed by atoms with Crippen molar-refractivity contribution >= 4 is 143 Å². The van der Waals surface area contributed by atoms with Gasteiger partial charge in [0.2, 0.25) is 118 Å². The minimum atomic E-state index is -1.89. The van der Waals surface area contributed by atoms with Crippen LogP contribution in [0.25, 0.3) is 0 Å². The van der Waals surface area contributed by atoms with E-state index in [9.17, 15) is 116 Å². The predicted molar refractivity (Wildman–Crippen MR) is 531 cm³/mol. The molecule has 5 heterocycles. The normalized spacial score (nSPS) is 18.8. The number of unbranched alkanes of at least 4 members (excludes halogenated alkanes) is 1. The Hall–Kier alpha value is -13.2. The number of aliphatic hydroxyl groups is 2. The summed E-state index contributed by atoms with van der Waals surface area (Å²) in [6.45, 7) is 15.3. The third-order valence-electron chi connectivity index (χ3n) is 25.8. The minimum Gasteiger partial charge on any atom is -0.480 e. The number of carboxylic acid groups (broad SMARTS) is 1. The lowest BCUT2D eigenvalue weighted by Gasteiger charge is -2.32. The molecule has 0 bridgehead atoms. The zero-order chi connectivity index (χ0) is 109. The number of likely N-dealkylation sites (tertiary alicyclic amines) is 4. The molecule has 1 aromatic carbocycles. The SMILES string of the molecule is CC[C@H](C)[C@H](NC(=O)[C@@H](NC(=O)[C@H](CC(C)C)NC(=O)[C@@H](N)Cc1ccccc1)C(C)C)C(=O)N[C@@H](CO)C(=O)N[C@@H](Cc1c[nH]cn1)C(=O)N[C@@H](CO)C(=O)N[C@@H](CS)C(=O)N[C@@H](CCCNC(=N)N)C(=O)N[C@@H](C)C(=O)N1CCC[C@H]1C(=O)N[C@@H](C)C(=O)N1CCC[C@H]1C(=O)N[C@@H](C)C(=O)N1CCC[C@H]1C(=O)N[C@H](C(=O)N[C@@H](CCCCN)C(=O)N[C@@H](CCC(N)=O)C(=O)NCC(=O)N1CCC[C@H]1C(=O)O)C(C)C. The minimum absolute atomic E-state index is 0.00110. The van der Waals surface area contributed by atoms with Crippen LogP contribution < -0.4 is 108 Å². The highest BCUT2D eigenvalue weighted by molar-refractivity contribution is 7.80. The van der Waals surface area contributed by atoms with E-state index in [1.807, 2.05) is 32.0 Å². The van der Waals surface area contributed by atoms with Gasteiger partial charge >= 0.3 is 5.97 Å². The highest BCUT2D eigenvalue weighted by Crippen LogP contribution is 2.26. The standard InChI is InChI=1S/C94H151N27O24S/c1-12-51(8)74(117-88(139)73(50(6)7)115-80(131)61(39-48(2)3)110-75(126)57(96)40-55-23-14-13-15-24-55)89(140)113-64(45-123)81(132)111-62(41-56-42-100-47-103-56)79(130)112-63(44-122)82(133)114-65(46-146)83(134)107-59(26-18-34-101-94(98)99)77(128)104-52(9)90(141)119-36-19-27-66(119)84(135)105-53(10)91(142)120-37-20-28-67(120)85(136)106-54(11)92(143)121-38-21-29-68(121)86(137)116-72(49(4)5)87(138)109-58(25-16-17-33-95)78(129)108-60(31-32-70(97)124)76(127)102-43-71(125)118-35-22-30-69(118)93(144)145/h13-15,23-24,42,47-54,57-69,72-74,122-123,146H,12,16-22,25-41,43-46,95-96H2,1-11H3,(H2,97,124)(H,100,103)(H,102,127)(H,104,128)(H,105,135)(H,106,136)(H,107,134)(H,108,129)(H,109,138)(H,110,126)(H,111,132)(H,112,130)(H,113,140)(H,114,133)(H,115,131)(H,116,137)(H,117,139)(H,144,145)(H4,98,99,101)/t51-,52-,53-,54-,57-,58-,59-,60-,61-,62-,63-,64-,65-,66-,67-,68-,69-,72-,73-,74-/m0/s1. The van der Waals surface area contributed by atoms with Gasteiger partial charge in [0.25, 0.3) is 0 Å². The molecule has 6 rings (SSSR count). The summed E-state index contributed by atoms with van der Waals surface area (Å²) in [7, 11) is 0. The van der Waals surface area contributed by atoms with Gasteiger partial charge in [0.05, 0.1) is 37.8 Å². The second kappa shape index (κ2) is 60.0. The second-order valence-electron chi connectivity index (χ2n) is 38.4. The number of aliphatic carboxylic acids is 1. The van der Waals surface area contributed by atoms with Gasteiger partial charge in [0.1, 0.15) is 109 Å². The monoisotopic (exact) mass is 2070 g/mol. The number of carbonyl (C=O) groups excluding carboxylic acids is 20. The maximum absolute atomic E-state index is 14.4. The summed E-state index contributed by atoms with van der Waals surface area (Å²) in [5.74, 6) is -21.1. The van der Waals surface area contributed by atoms with E-state index in [1.165, 1.54) is 48.0 Å². The fourth-order valence-electron chi connectivity index (χ4n) is 17.3. The van der Waals surface area contributed by atoms with Gasteiger partial charge in [0, 0.05) is 57.5 Å². The van der Waals surface area contributed by atoms with Gasteiger partial charge in [-0.05, 0) is 159 Å². The first-order valence-corrected chi connectivity index (χ1v) is 50.4. The number of rotatable bonds is 59. The summed E-state index contributed by atoms with van der Waals surface area (Å²) in [5.41, 5.74) is 23.9. The van der Waals surface area contributed by atoms with Gasteiger partial charge < -0.3 is 148 Å². The number of aliphatic hydroxyl groups excluding tert-OH is 2. The number of carboxylic acids is 1. The van der Waals surface area contributed by atoms with E-state index >= 15 is 0 Å². The lowest BCUT2D eigenvalue weighted by molar-refractivity contribution is -0.148. The Kier molecular flexibility index (Phi) is 49.9. The molecule has 0 aliphatic carbocycles. The first kappa shape index (κ1) is 121. The molecule has 4 fully saturated rings. The number of imidazole rings is 1. The van der Waals surface area contributed by atoms with Crippen LogP contribution in [0.4, 0.5) is 0 Å². The maximum Gasteiger partial charge on any atom is 0.326 e. The summed E-state index contributed by atoms with van der Waals surface area (Å²) in [6.07, 6.45) is 4.69. The molecule has 0 unspecified atom stereocenters. The van der Waals surface area contributed by atoms with Crippen molar-refractivity contribution in [2.75, 3.05) is 64.8 Å². The molecule has 0 radical (unpaired) electrons. The molecule has 812 valence electrons. The van der Waals surface area contributed by atoms with Crippen LogP contribution in [0.2, 0.25) is 0 Å². The van der Waals surface area contributed by atoms with E-state index in [2.05, 4.69) is 108 Å². The van der Waals surface area contributed by atoms with Crippen molar-refractivity contribution in [1.29, 1.82) is 5.41 Å². The van der Waals surface area contributed by atoms with Gasteiger partial charge in [-0.1, -0.05) is 92.1 Å². The number of carbonyl (C=O) groups is 21. The van der Waals surface area contributed by atoms with Crippen LogP contribution in [-0.4, -0.2) is 355 Å². The van der Waals surface area contributed by atoms with E-state index in [1.54, 1.807) is 53.7 Å². The molecule has 146 heavy (non-hydrogen) atoms. The number of aromatic nitrogens is 2. The van der Waals surface area contributed by atoms with Gasteiger partial charge in [-0.2, -0.15) is 12.6 Å². The zero-order valence-electron chi connectivity index (χ0n) is 84.7. The lowest BCUT2D eigenvalue weighted by atomic mass is 9.95. The Bertz CT molecular complexity index is 4850. The quantitative estimate of drug-likeness (QED) is 0.0127. The van der Waals surface area contributed by atoms with Crippen LogP contribution in [-0.2, 0) is 114 Å². The van der Waals surface area contributed by atoms with Crippen molar-refractivity contribution < 1.29 is 116 Å². The first-order valence-electron chi connectivity index (χ1n) is 49.7. The average molecular weight is 2080 g/mol. The lowest BCUT2D eigenvalue weighted by Crippen LogP contribution is -2.62. The third-order valence-corrected chi connectivity index (χ3v) is 26.2. The molecule has 20 amide bonds. The highest BCUT2D eigenvalue weighted by atomic mass is 32.1. The van der Waals surface area contributed by atoms with Crippen LogP contribution in [0.3, 0.4) is 0 Å². The molecule has 29 N–H and O–H groups in total. The smallest absolute Gasteiger partial charge is 0.326 e. The Morgan fingerprint density at radius 3 is 1.35 bits per heavy atom. The van der Waals surface area contributed by atoms with Crippen LogP contribution in [0.1, 0.15) is 197 Å². The van der Waals surface area contributed by atoms with Crippen LogP contribution >= 0.6 is 12.6 Å². The van der Waals surface area contributed by atoms with E-state index in [0.717, 1.165) is 10.5 Å². The first-order chi connectivity index (χ1) is 69.1. The third kappa shape index (κ3) is 37.1. The highest BCUT2D eigenvalue weighted by Gasteiger charge is 2.46. The van der Waals surface area contributed by atoms with Gasteiger partial charge in [0.15, 0.2) is 5.96 Å². The number of H-pyrrole nitrogens is 1. The van der Waals surface area contributed by atoms with Crippen LogP contribution in [0.5, 0.6) is 0 Å². The van der Waals surface area contributed by atoms with E-state index in [4.69, 9.17) is 28.3 Å². The molecule has 0 saturated carbocycles. The molecular formula is C94H151N27O24S. The number of nitrogens with zero attached hydrogens (tertiary/aromatic N) is 5. The average Bonchev–Trinajstić information content (AvgIpc) is 1.95. The summed E-state index contributed by atoms with van der Waals surface area (Å²) >= 11 is 4.27. The van der Waals surface area contributed by atoms with E-state index in [-0.39, 0.29) is 128 Å². The molecule has 51 nitrogen and oxygen atoms in total. The molecule has 1 aromatic heterocycles. The number of guanidine groups is 1. The molecule has 4 aliphatic heterocycles. The van der Waals surface area contributed by atoms with Crippen LogP contribution in [0.15, 0.2) is 42.9 Å². The van der Waals surface area contributed by atoms with Gasteiger partial charge in [-0.25, -0.2) is 9.78 Å². The number of nitrogens with two attached hydrogens (primary N) is 4. The Morgan fingerprint density at radius 1 is 0.459 bits per heavy atom. The van der Waals surface area contributed by atoms with Crippen molar-refractivity contribution in [3.05, 3.63) is 54.1 Å². The summed E-state index contributed by atoms with van der Waals surface area (Å²) in [5, 5.41) is 79.5. The fourth-order valence-corrected chi connectivity index (χ4v) is 17.6. The Labute approximate surface area is 853 Å². The Balaban J connectivity index is 1.04. The van der Waals surface area contributed by atoms with Crippen molar-refractivity contribution in [2.45, 2.75) is 313 Å². The van der Waals surface area contributed by atoms with E-state index in [0.29, 0.717) is 38.5 Å². The fraction of sp³-hybridized carbons (Fsp3) is 0.670. The summed E-state index contributed by atoms with van der Waals surface area (Å²) in [4.78, 5) is 303. The van der Waals surface area contributed by atoms with Crippen molar-refractivity contribution in [3.8, 4) is 0 Å². The number of amides is 20. The molecular weight excluding hydrogens is 1920 g/mol. The number of hydrogen-bond donors (Lipinski definition) is 26. The molecule has 20 atom stereocenters. The van der Waals surface area contributed by atoms with Gasteiger partial charge in [-0.15, -0.1) is 0 Å². The van der Waals surface area contributed by atoms with Crippen molar-refractivity contribution in [2.24, 2.45) is 46.6 Å². The largest absolute Gasteiger partial charge is 0.480 e. The molecule has 4 saturated heterocycles. The van der Waals surface area contributed by atoms with Crippen LogP contribution in [0, 0.1) is 29.1 Å². The topological polar surface area (TPSA) is 781 Å². The molecule has 0 spiro atoms. The van der Waals surface area contributed by atoms with Gasteiger partial charge in [-0.3, -0.25) is 101 Å². The summed E-state index contributed by atoms with van der Waals surface area (Å²) < 4.78 is 0. The molecule has 2 aromatic rings. The number of benzene rings is 1.